The van der Waals surface area contributed by atoms with Crippen molar-refractivity contribution in [3.63, 3.8) is 0 Å². The summed E-state index contributed by atoms with van der Waals surface area (Å²) >= 11 is 10.6. The maximum atomic E-state index is 10.6. The molecule has 1 N–H and O–H groups in total. The molecule has 2 unspecified atom stereocenters. The van der Waals surface area contributed by atoms with Crippen molar-refractivity contribution in [1.29, 1.82) is 0 Å². The summed E-state index contributed by atoms with van der Waals surface area (Å²) in [6, 6.07) is 5.07. The van der Waals surface area contributed by atoms with Gasteiger partial charge in [0.05, 0.1) is 9.95 Å². The van der Waals surface area contributed by atoms with E-state index in [0.717, 1.165) is 18.4 Å². The number of halogens is 1. The van der Waals surface area contributed by atoms with E-state index in [1.54, 1.807) is 6.07 Å². The van der Waals surface area contributed by atoms with Gasteiger partial charge in [-0.25, -0.2) is 0 Å². The third-order valence-corrected chi connectivity index (χ3v) is 4.30. The molecule has 0 bridgehead atoms. The van der Waals surface area contributed by atoms with E-state index in [1.807, 2.05) is 0 Å². The van der Waals surface area contributed by atoms with Crippen LogP contribution in [-0.4, -0.2) is 16.2 Å². The number of nitro groups is 1. The molecule has 1 aliphatic rings. The van der Waals surface area contributed by atoms with Crippen LogP contribution in [0, 0.1) is 10.1 Å². The van der Waals surface area contributed by atoms with Crippen LogP contribution in [0.4, 0.5) is 5.69 Å². The quantitative estimate of drug-likeness (QED) is 0.508. The number of nitrogens with zero attached hydrogens (tertiary/aromatic N) is 1. The summed E-state index contributed by atoms with van der Waals surface area (Å²) in [4.78, 5) is 10.2. The number of nitro benzene ring substituents is 1. The van der Waals surface area contributed by atoms with Crippen molar-refractivity contribution in [1.82, 2.24) is 5.32 Å². The normalized spacial score (nSPS) is 23.3. The van der Waals surface area contributed by atoms with E-state index in [0.29, 0.717) is 22.9 Å². The van der Waals surface area contributed by atoms with Crippen LogP contribution in [0.3, 0.4) is 0 Å². The molecular formula is C13H17ClN2O2S. The van der Waals surface area contributed by atoms with Crippen LogP contribution in [0.5, 0.6) is 0 Å². The Morgan fingerprint density at radius 1 is 1.47 bits per heavy atom. The lowest BCUT2D eigenvalue weighted by molar-refractivity contribution is -0.384. The summed E-state index contributed by atoms with van der Waals surface area (Å²) in [6.45, 7) is 0.641. The van der Waals surface area contributed by atoms with Gasteiger partial charge in [0.2, 0.25) is 0 Å². The van der Waals surface area contributed by atoms with Crippen molar-refractivity contribution in [2.75, 3.05) is 0 Å². The van der Waals surface area contributed by atoms with Crippen LogP contribution >= 0.6 is 24.2 Å². The Labute approximate surface area is 123 Å². The Balaban J connectivity index is 1.94. The van der Waals surface area contributed by atoms with Crippen LogP contribution < -0.4 is 5.32 Å². The largest absolute Gasteiger partial charge is 0.310 e. The van der Waals surface area contributed by atoms with Gasteiger partial charge >= 0.3 is 0 Å². The van der Waals surface area contributed by atoms with Gasteiger partial charge in [0.1, 0.15) is 0 Å². The Bertz CT molecular complexity index is 470. The average Bonchev–Trinajstić information content (AvgIpc) is 2.37. The molecule has 0 aliphatic heterocycles. The Morgan fingerprint density at radius 2 is 2.26 bits per heavy atom. The van der Waals surface area contributed by atoms with Gasteiger partial charge in [0, 0.05) is 30.0 Å². The van der Waals surface area contributed by atoms with E-state index in [9.17, 15) is 10.1 Å². The molecule has 0 radical (unpaired) electrons. The van der Waals surface area contributed by atoms with E-state index in [4.69, 9.17) is 11.6 Å². The summed E-state index contributed by atoms with van der Waals surface area (Å²) < 4.78 is 0. The Kier molecular flexibility index (Phi) is 5.07. The van der Waals surface area contributed by atoms with Gasteiger partial charge in [0.15, 0.2) is 0 Å². The highest BCUT2D eigenvalue weighted by Gasteiger charge is 2.19. The molecule has 1 aromatic carbocycles. The van der Waals surface area contributed by atoms with E-state index in [2.05, 4.69) is 17.9 Å². The summed E-state index contributed by atoms with van der Waals surface area (Å²) in [7, 11) is 0. The minimum absolute atomic E-state index is 0.0295. The number of thiol groups is 1. The van der Waals surface area contributed by atoms with Crippen molar-refractivity contribution in [2.45, 2.75) is 43.5 Å². The molecular weight excluding hydrogens is 284 g/mol. The van der Waals surface area contributed by atoms with E-state index in [1.165, 1.54) is 25.0 Å². The summed E-state index contributed by atoms with van der Waals surface area (Å²) in [5.41, 5.74) is 0.926. The molecule has 2 rings (SSSR count). The number of hydrogen-bond acceptors (Lipinski definition) is 4. The number of benzene rings is 1. The molecule has 0 saturated heterocycles. The molecule has 0 amide bonds. The first-order chi connectivity index (χ1) is 9.06. The topological polar surface area (TPSA) is 55.2 Å². The standard InChI is InChI=1S/C13H17ClN2O2S/c14-13-7-11(16(17)18)5-4-9(13)8-15-10-2-1-3-12(19)6-10/h4-5,7,10,12,15,19H,1-3,6,8H2. The molecule has 2 atom stereocenters. The molecule has 0 aromatic heterocycles. The smallest absolute Gasteiger partial charge is 0.270 e. The number of non-ortho nitro benzene ring substituents is 1. The average molecular weight is 301 g/mol. The second kappa shape index (κ2) is 6.59. The monoisotopic (exact) mass is 300 g/mol. The first-order valence-corrected chi connectivity index (χ1v) is 7.30. The zero-order chi connectivity index (χ0) is 13.8. The lowest BCUT2D eigenvalue weighted by Gasteiger charge is -2.27. The van der Waals surface area contributed by atoms with Crippen molar-refractivity contribution < 1.29 is 4.92 Å². The maximum absolute atomic E-state index is 10.6. The van der Waals surface area contributed by atoms with Crippen LogP contribution in [-0.2, 0) is 6.54 Å². The highest BCUT2D eigenvalue weighted by Crippen LogP contribution is 2.25. The van der Waals surface area contributed by atoms with E-state index in [-0.39, 0.29) is 5.69 Å². The SMILES string of the molecule is O=[N+]([O-])c1ccc(CNC2CCCC(S)C2)c(Cl)c1. The van der Waals surface area contributed by atoms with Gasteiger partial charge < -0.3 is 5.32 Å². The first kappa shape index (κ1) is 14.6. The van der Waals surface area contributed by atoms with E-state index < -0.39 is 4.92 Å². The summed E-state index contributed by atoms with van der Waals surface area (Å²) in [5.74, 6) is 0. The predicted molar refractivity (Wildman–Crippen MR) is 80.0 cm³/mol. The molecule has 1 saturated carbocycles. The van der Waals surface area contributed by atoms with Gasteiger partial charge in [-0.05, 0) is 30.9 Å². The molecule has 1 aromatic rings. The fourth-order valence-electron chi connectivity index (χ4n) is 2.40. The Morgan fingerprint density at radius 3 is 2.89 bits per heavy atom. The molecule has 1 aliphatic carbocycles. The molecule has 0 heterocycles. The molecule has 4 nitrogen and oxygen atoms in total. The van der Waals surface area contributed by atoms with Crippen LogP contribution in [0.2, 0.25) is 5.02 Å². The molecule has 104 valence electrons. The predicted octanol–water partition coefficient (Wildman–Crippen LogP) is 3.58. The highest BCUT2D eigenvalue weighted by molar-refractivity contribution is 7.80. The third kappa shape index (κ3) is 4.09. The number of rotatable bonds is 4. The summed E-state index contributed by atoms with van der Waals surface area (Å²) in [5, 5.41) is 15.0. The fraction of sp³-hybridized carbons (Fsp3) is 0.538. The van der Waals surface area contributed by atoms with E-state index >= 15 is 0 Å². The number of hydrogen-bond donors (Lipinski definition) is 2. The number of nitrogens with one attached hydrogen (secondary N) is 1. The first-order valence-electron chi connectivity index (χ1n) is 6.40. The van der Waals surface area contributed by atoms with Crippen LogP contribution in [0.1, 0.15) is 31.2 Å². The molecule has 1 fully saturated rings. The lowest BCUT2D eigenvalue weighted by atomic mass is 9.95. The second-order valence-corrected chi connectivity index (χ2v) is 6.07. The maximum Gasteiger partial charge on any atom is 0.270 e. The lowest BCUT2D eigenvalue weighted by Crippen LogP contribution is -2.34. The van der Waals surface area contributed by atoms with Crippen LogP contribution in [0.25, 0.3) is 0 Å². The molecule has 6 heteroatoms. The van der Waals surface area contributed by atoms with Gasteiger partial charge in [-0.3, -0.25) is 10.1 Å². The highest BCUT2D eigenvalue weighted by atomic mass is 35.5. The van der Waals surface area contributed by atoms with Crippen molar-refractivity contribution in [3.8, 4) is 0 Å². The fourth-order valence-corrected chi connectivity index (χ4v) is 3.08. The summed E-state index contributed by atoms with van der Waals surface area (Å²) in [6.07, 6.45) is 4.59. The zero-order valence-electron chi connectivity index (χ0n) is 10.5. The van der Waals surface area contributed by atoms with Gasteiger partial charge in [0.25, 0.3) is 5.69 Å². The van der Waals surface area contributed by atoms with Gasteiger partial charge in [-0.2, -0.15) is 12.6 Å². The third-order valence-electron chi connectivity index (χ3n) is 3.48. The van der Waals surface area contributed by atoms with Crippen molar-refractivity contribution in [2.24, 2.45) is 0 Å². The minimum Gasteiger partial charge on any atom is -0.310 e. The van der Waals surface area contributed by atoms with Gasteiger partial charge in [-0.1, -0.05) is 18.0 Å². The van der Waals surface area contributed by atoms with Crippen molar-refractivity contribution in [3.05, 3.63) is 38.9 Å². The van der Waals surface area contributed by atoms with Crippen LogP contribution in [0.15, 0.2) is 18.2 Å². The molecule has 19 heavy (non-hydrogen) atoms. The minimum atomic E-state index is -0.435. The molecule has 0 spiro atoms. The van der Waals surface area contributed by atoms with Crippen molar-refractivity contribution >= 4 is 29.9 Å². The van der Waals surface area contributed by atoms with Gasteiger partial charge in [-0.15, -0.1) is 0 Å². The second-order valence-electron chi connectivity index (χ2n) is 4.93. The Hall–Kier alpha value is -0.780. The zero-order valence-corrected chi connectivity index (χ0v) is 12.2.